The molecule has 1 amide bonds. The number of carbonyl (C=O) groups excluding carboxylic acids is 1. The van der Waals surface area contributed by atoms with E-state index >= 15 is 0 Å². The number of nitrogens with one attached hydrogen (secondary N) is 1. The summed E-state index contributed by atoms with van der Waals surface area (Å²) < 4.78 is 23.8. The molecule has 8 nitrogen and oxygen atoms in total. The second-order valence-corrected chi connectivity index (χ2v) is 27.0. The summed E-state index contributed by atoms with van der Waals surface area (Å²) in [4.78, 5) is 23.4. The topological polar surface area (TPSA) is 105 Å². The molecule has 9 heteroatoms. The third-order valence-electron chi connectivity index (χ3n) is 15.9. The highest BCUT2D eigenvalue weighted by molar-refractivity contribution is 7.47. The van der Waals surface area contributed by atoms with Crippen LogP contribution in [0.5, 0.6) is 0 Å². The van der Waals surface area contributed by atoms with Gasteiger partial charge < -0.3 is 19.8 Å². The SMILES string of the molecule is CC/C=C\C/C=C\C/C=C\C/C=C\C/C=C\C/C=C\C/C=C\CCCCCCCCCCCCCCCCCCCC(=O)NC(COP(=O)(O)OCC[N+](C)(C)C)C(O)/C=C/CC/C=C/CC/C=C/CCCCCCCCCCCCCCCCCC. The summed E-state index contributed by atoms with van der Waals surface area (Å²) in [6, 6.07) is -0.877. The second kappa shape index (κ2) is 67.3. The van der Waals surface area contributed by atoms with Crippen molar-refractivity contribution >= 4 is 13.7 Å². The van der Waals surface area contributed by atoms with E-state index < -0.39 is 20.0 Å². The van der Waals surface area contributed by atoms with Crippen molar-refractivity contribution in [2.24, 2.45) is 0 Å². The molecule has 0 aliphatic rings. The first kappa shape index (κ1) is 83.9. The third-order valence-corrected chi connectivity index (χ3v) is 16.9. The maximum Gasteiger partial charge on any atom is 0.472 e. The van der Waals surface area contributed by atoms with Crippen molar-refractivity contribution in [3.05, 3.63) is 122 Å². The van der Waals surface area contributed by atoms with Crippen LogP contribution in [0.4, 0.5) is 0 Å². The van der Waals surface area contributed by atoms with Crippen LogP contribution >= 0.6 is 7.82 Å². The standard InChI is InChI=1S/C78H139N2O6P/c1-6-8-10-12-14-16-18-20-22-24-26-28-30-32-34-35-36-37-38-39-40-41-42-43-44-45-46-48-50-52-54-56-58-60-62-64-66-68-70-72-78(82)79-76(75-86-87(83,84)85-74-73-80(3,4)5)77(81)71-69-67-65-63-61-59-57-55-53-51-49-47-33-31-29-27-25-23-21-19-17-15-13-11-9-7-2/h8,10,14,16,20,22,26,28,32,34,36-37,39-40,53,55,61,63,69,71,76-77,81H,6-7,9,11-13,15,17-19,21,23-25,27,29-31,33,35,38,41-52,54,56-60,62,64-68,70,72-75H2,1-5H3,(H-,79,82,83,84)/p+1/b10-8-,16-14-,22-20-,28-26-,34-32-,37-36-,40-39-,55-53+,63-61+,71-69+. The summed E-state index contributed by atoms with van der Waals surface area (Å²) in [6.45, 7) is 4.70. The Morgan fingerprint density at radius 1 is 0.402 bits per heavy atom. The van der Waals surface area contributed by atoms with E-state index in [9.17, 15) is 19.4 Å². The monoisotopic (exact) mass is 1230 g/mol. The number of aliphatic hydroxyl groups is 1. The fourth-order valence-electron chi connectivity index (χ4n) is 10.3. The van der Waals surface area contributed by atoms with Crippen LogP contribution in [0, 0.1) is 0 Å². The highest BCUT2D eigenvalue weighted by atomic mass is 31.2. The van der Waals surface area contributed by atoms with Crippen LogP contribution in [0.3, 0.4) is 0 Å². The Balaban J connectivity index is 4.09. The first-order valence-corrected chi connectivity index (χ1v) is 37.9. The van der Waals surface area contributed by atoms with Gasteiger partial charge in [-0.3, -0.25) is 13.8 Å². The maximum absolute atomic E-state index is 13.1. The molecule has 0 heterocycles. The first-order valence-electron chi connectivity index (χ1n) is 36.4. The van der Waals surface area contributed by atoms with Crippen molar-refractivity contribution in [3.63, 3.8) is 0 Å². The Hall–Kier alpha value is -3.10. The first-order chi connectivity index (χ1) is 42.5. The van der Waals surface area contributed by atoms with Crippen LogP contribution in [0.15, 0.2) is 122 Å². The highest BCUT2D eigenvalue weighted by Gasteiger charge is 2.28. The smallest absolute Gasteiger partial charge is 0.387 e. The molecule has 0 saturated carbocycles. The summed E-state index contributed by atoms with van der Waals surface area (Å²) in [6.07, 6.45) is 101. The van der Waals surface area contributed by atoms with Gasteiger partial charge in [0.15, 0.2) is 0 Å². The molecular weight excluding hydrogens is 1090 g/mol. The molecule has 0 aliphatic heterocycles. The summed E-state index contributed by atoms with van der Waals surface area (Å²) in [7, 11) is 1.54. The molecule has 87 heavy (non-hydrogen) atoms. The van der Waals surface area contributed by atoms with E-state index in [1.54, 1.807) is 6.08 Å². The van der Waals surface area contributed by atoms with E-state index in [0.717, 1.165) is 89.9 Å². The lowest BCUT2D eigenvalue weighted by molar-refractivity contribution is -0.870. The molecule has 0 spiro atoms. The lowest BCUT2D eigenvalue weighted by atomic mass is 10.0. The number of allylic oxidation sites excluding steroid dienone is 19. The van der Waals surface area contributed by atoms with Crippen molar-refractivity contribution in [1.29, 1.82) is 0 Å². The lowest BCUT2D eigenvalue weighted by Gasteiger charge is -2.25. The predicted molar refractivity (Wildman–Crippen MR) is 382 cm³/mol. The Morgan fingerprint density at radius 2 is 0.701 bits per heavy atom. The molecule has 0 bridgehead atoms. The number of hydrogen-bond donors (Lipinski definition) is 3. The summed E-state index contributed by atoms with van der Waals surface area (Å²) >= 11 is 0. The van der Waals surface area contributed by atoms with E-state index in [-0.39, 0.29) is 19.1 Å². The number of phosphoric ester groups is 1. The maximum atomic E-state index is 13.1. The summed E-state index contributed by atoms with van der Waals surface area (Å²) in [5.74, 6) is -0.191. The fourth-order valence-corrected chi connectivity index (χ4v) is 11.0. The van der Waals surface area contributed by atoms with Crippen LogP contribution in [0.2, 0.25) is 0 Å². The second-order valence-electron chi connectivity index (χ2n) is 25.6. The quantitative estimate of drug-likeness (QED) is 0.0243. The van der Waals surface area contributed by atoms with Gasteiger partial charge in [0, 0.05) is 6.42 Å². The van der Waals surface area contributed by atoms with Gasteiger partial charge in [-0.15, -0.1) is 0 Å². The number of rotatable bonds is 66. The number of aliphatic hydroxyl groups excluding tert-OH is 1. The van der Waals surface area contributed by atoms with Gasteiger partial charge in [0.25, 0.3) is 0 Å². The minimum Gasteiger partial charge on any atom is -0.387 e. The zero-order valence-electron chi connectivity index (χ0n) is 57.5. The number of amides is 1. The summed E-state index contributed by atoms with van der Waals surface area (Å²) in [5, 5.41) is 14.0. The lowest BCUT2D eigenvalue weighted by Crippen LogP contribution is -2.45. The van der Waals surface area contributed by atoms with Crippen molar-refractivity contribution in [1.82, 2.24) is 5.32 Å². The molecule has 0 aromatic heterocycles. The molecule has 0 saturated heterocycles. The molecule has 3 atom stereocenters. The van der Waals surface area contributed by atoms with Crippen LogP contribution in [-0.4, -0.2) is 73.4 Å². The van der Waals surface area contributed by atoms with Crippen molar-refractivity contribution in [2.75, 3.05) is 40.9 Å². The van der Waals surface area contributed by atoms with Crippen LogP contribution in [0.25, 0.3) is 0 Å². The van der Waals surface area contributed by atoms with Gasteiger partial charge in [-0.05, 0) is 103 Å². The molecule has 3 unspecified atom stereocenters. The van der Waals surface area contributed by atoms with Crippen LogP contribution < -0.4 is 5.32 Å². The molecule has 0 aromatic carbocycles. The molecule has 0 fully saturated rings. The molecule has 502 valence electrons. The number of unbranched alkanes of at least 4 members (excludes halogenated alkanes) is 35. The van der Waals surface area contributed by atoms with Crippen molar-refractivity contribution < 1.29 is 32.9 Å². The highest BCUT2D eigenvalue weighted by Crippen LogP contribution is 2.43. The van der Waals surface area contributed by atoms with Gasteiger partial charge in [-0.2, -0.15) is 0 Å². The van der Waals surface area contributed by atoms with E-state index in [2.05, 4.69) is 129 Å². The predicted octanol–water partition coefficient (Wildman–Crippen LogP) is 23.6. The van der Waals surface area contributed by atoms with Gasteiger partial charge in [0.2, 0.25) is 5.91 Å². The number of nitrogens with zero attached hydrogens (tertiary/aromatic N) is 1. The van der Waals surface area contributed by atoms with E-state index in [1.807, 2.05) is 27.2 Å². The van der Waals surface area contributed by atoms with Crippen molar-refractivity contribution in [2.45, 2.75) is 328 Å². The minimum atomic E-state index is -4.37. The summed E-state index contributed by atoms with van der Waals surface area (Å²) in [5.41, 5.74) is 0. The van der Waals surface area contributed by atoms with Crippen molar-refractivity contribution in [3.8, 4) is 0 Å². The normalized spacial score (nSPS) is 14.3. The zero-order valence-corrected chi connectivity index (χ0v) is 58.4. The van der Waals surface area contributed by atoms with Gasteiger partial charge in [0.1, 0.15) is 13.2 Å². The Morgan fingerprint density at radius 3 is 1.06 bits per heavy atom. The average Bonchev–Trinajstić information content (AvgIpc) is 3.69. The Bertz CT molecular complexity index is 1840. The van der Waals surface area contributed by atoms with Crippen LogP contribution in [-0.2, 0) is 18.4 Å². The number of quaternary nitrogens is 1. The largest absolute Gasteiger partial charge is 0.472 e. The molecule has 0 rings (SSSR count). The number of likely N-dealkylation sites (N-methyl/N-ethyl adjacent to an activating group) is 1. The van der Waals surface area contributed by atoms with Gasteiger partial charge in [-0.1, -0.05) is 328 Å². The molecule has 0 aliphatic carbocycles. The molecule has 0 aromatic rings. The van der Waals surface area contributed by atoms with E-state index in [0.29, 0.717) is 17.4 Å². The average molecular weight is 1230 g/mol. The van der Waals surface area contributed by atoms with Gasteiger partial charge in [0.05, 0.1) is 39.9 Å². The Kier molecular flexibility index (Phi) is 64.9. The fraction of sp³-hybridized carbons (Fsp3) is 0.731. The number of hydrogen-bond acceptors (Lipinski definition) is 5. The van der Waals surface area contributed by atoms with E-state index in [1.165, 1.54) is 205 Å². The third kappa shape index (κ3) is 70.2. The number of phosphoric acid groups is 1. The van der Waals surface area contributed by atoms with E-state index in [4.69, 9.17) is 9.05 Å². The molecular formula is C78H140N2O6P+. The number of carbonyl (C=O) groups is 1. The van der Waals surface area contributed by atoms with Gasteiger partial charge in [-0.25, -0.2) is 4.57 Å². The molecule has 0 radical (unpaired) electrons. The minimum absolute atomic E-state index is 0.0501. The van der Waals surface area contributed by atoms with Gasteiger partial charge >= 0.3 is 7.82 Å². The van der Waals surface area contributed by atoms with Crippen LogP contribution in [0.1, 0.15) is 316 Å². The Labute approximate surface area is 539 Å². The molecule has 3 N–H and O–H groups in total. The zero-order chi connectivity index (χ0) is 63.4.